The van der Waals surface area contributed by atoms with E-state index in [1.165, 1.54) is 0 Å². The van der Waals surface area contributed by atoms with Crippen molar-refractivity contribution >= 4 is 6.29 Å². The van der Waals surface area contributed by atoms with Gasteiger partial charge in [-0.2, -0.15) is 0 Å². The lowest BCUT2D eigenvalue weighted by Gasteiger charge is -2.08. The van der Waals surface area contributed by atoms with E-state index in [9.17, 15) is 4.79 Å². The van der Waals surface area contributed by atoms with E-state index in [0.717, 1.165) is 6.29 Å². The second-order valence-electron chi connectivity index (χ2n) is 2.74. The molecule has 0 spiro atoms. The molecule has 0 aliphatic carbocycles. The monoisotopic (exact) mass is 204 g/mol. The summed E-state index contributed by atoms with van der Waals surface area (Å²) in [7, 11) is 0. The second-order valence-corrected chi connectivity index (χ2v) is 2.74. The van der Waals surface area contributed by atoms with Crippen molar-refractivity contribution in [1.29, 1.82) is 0 Å². The van der Waals surface area contributed by atoms with Gasteiger partial charge in [-0.15, -0.1) is 6.42 Å². The molecule has 0 saturated heterocycles. The van der Waals surface area contributed by atoms with Gasteiger partial charge in [-0.3, -0.25) is 4.79 Å². The van der Waals surface area contributed by atoms with E-state index in [0.29, 0.717) is 23.7 Å². The molecule has 0 amide bonds. The van der Waals surface area contributed by atoms with Crippen molar-refractivity contribution in [2.24, 2.45) is 0 Å². The standard InChI is InChI=1S/C12H12O3/c1-3-7-15-11-5-6-12(14-4-2)10(8-11)9-13/h1,5-6,8-9H,4,7H2,2H3. The Morgan fingerprint density at radius 1 is 1.47 bits per heavy atom. The molecule has 0 aliphatic rings. The van der Waals surface area contributed by atoms with E-state index in [1.807, 2.05) is 6.92 Å². The highest BCUT2D eigenvalue weighted by atomic mass is 16.5. The number of aldehydes is 1. The van der Waals surface area contributed by atoms with Gasteiger partial charge < -0.3 is 9.47 Å². The van der Waals surface area contributed by atoms with Gasteiger partial charge in [-0.1, -0.05) is 5.92 Å². The predicted octanol–water partition coefficient (Wildman–Crippen LogP) is 1.91. The number of hydrogen-bond donors (Lipinski definition) is 0. The number of carbonyl (C=O) groups excluding carboxylic acids is 1. The third kappa shape index (κ3) is 3.03. The molecule has 0 radical (unpaired) electrons. The SMILES string of the molecule is C#CCOc1ccc(OCC)c(C=O)c1. The van der Waals surface area contributed by atoms with Crippen LogP contribution in [0.4, 0.5) is 0 Å². The minimum absolute atomic E-state index is 0.187. The number of ether oxygens (including phenoxy) is 2. The lowest BCUT2D eigenvalue weighted by atomic mass is 10.2. The summed E-state index contributed by atoms with van der Waals surface area (Å²) in [5.74, 6) is 3.48. The van der Waals surface area contributed by atoms with Crippen molar-refractivity contribution in [2.75, 3.05) is 13.2 Å². The van der Waals surface area contributed by atoms with E-state index < -0.39 is 0 Å². The van der Waals surface area contributed by atoms with Crippen molar-refractivity contribution in [3.05, 3.63) is 23.8 Å². The molecule has 0 heterocycles. The molecule has 0 unspecified atom stereocenters. The molecule has 78 valence electrons. The lowest BCUT2D eigenvalue weighted by Crippen LogP contribution is -1.98. The summed E-state index contributed by atoms with van der Waals surface area (Å²) < 4.78 is 10.4. The Labute approximate surface area is 89.0 Å². The first-order valence-corrected chi connectivity index (χ1v) is 4.60. The van der Waals surface area contributed by atoms with Gasteiger partial charge in [-0.25, -0.2) is 0 Å². The highest BCUT2D eigenvalue weighted by Gasteiger charge is 2.04. The van der Waals surface area contributed by atoms with Gasteiger partial charge in [0.2, 0.25) is 0 Å². The molecule has 1 aromatic carbocycles. The molecule has 0 N–H and O–H groups in total. The van der Waals surface area contributed by atoms with Crippen molar-refractivity contribution in [3.8, 4) is 23.8 Å². The number of hydrogen-bond acceptors (Lipinski definition) is 3. The Kier molecular flexibility index (Phi) is 4.24. The minimum Gasteiger partial charge on any atom is -0.493 e. The first-order chi connectivity index (χ1) is 7.31. The maximum absolute atomic E-state index is 10.8. The zero-order valence-corrected chi connectivity index (χ0v) is 8.53. The number of benzene rings is 1. The highest BCUT2D eigenvalue weighted by molar-refractivity contribution is 5.80. The van der Waals surface area contributed by atoms with Gasteiger partial charge in [0.15, 0.2) is 6.29 Å². The summed E-state index contributed by atoms with van der Waals surface area (Å²) in [6.07, 6.45) is 5.79. The number of carbonyl (C=O) groups is 1. The fraction of sp³-hybridized carbons (Fsp3) is 0.250. The van der Waals surface area contributed by atoms with E-state index in [-0.39, 0.29) is 6.61 Å². The molecule has 3 heteroatoms. The van der Waals surface area contributed by atoms with Crippen molar-refractivity contribution in [3.63, 3.8) is 0 Å². The van der Waals surface area contributed by atoms with Crippen LogP contribution in [0.3, 0.4) is 0 Å². The number of terminal acetylenes is 1. The molecule has 15 heavy (non-hydrogen) atoms. The normalized spacial score (nSPS) is 9.07. The van der Waals surface area contributed by atoms with Crippen molar-refractivity contribution < 1.29 is 14.3 Å². The van der Waals surface area contributed by atoms with Gasteiger partial charge in [0.25, 0.3) is 0 Å². The average Bonchev–Trinajstić information content (AvgIpc) is 2.28. The summed E-state index contributed by atoms with van der Waals surface area (Å²) in [6, 6.07) is 5.02. The Balaban J connectivity index is 2.87. The molecule has 1 aromatic rings. The van der Waals surface area contributed by atoms with Crippen LogP contribution in [0.25, 0.3) is 0 Å². The summed E-state index contributed by atoms with van der Waals surface area (Å²) in [5.41, 5.74) is 0.464. The Bertz CT molecular complexity index is 377. The third-order valence-corrected chi connectivity index (χ3v) is 1.73. The van der Waals surface area contributed by atoms with E-state index in [4.69, 9.17) is 15.9 Å². The topological polar surface area (TPSA) is 35.5 Å². The maximum Gasteiger partial charge on any atom is 0.153 e. The largest absolute Gasteiger partial charge is 0.493 e. The molecule has 0 aliphatic heterocycles. The third-order valence-electron chi connectivity index (χ3n) is 1.73. The summed E-state index contributed by atoms with van der Waals surface area (Å²) in [6.45, 7) is 2.56. The summed E-state index contributed by atoms with van der Waals surface area (Å²) >= 11 is 0. The first-order valence-electron chi connectivity index (χ1n) is 4.60. The van der Waals surface area contributed by atoms with Crippen LogP contribution >= 0.6 is 0 Å². The van der Waals surface area contributed by atoms with Crippen LogP contribution in [0.2, 0.25) is 0 Å². The van der Waals surface area contributed by atoms with Gasteiger partial charge >= 0.3 is 0 Å². The van der Waals surface area contributed by atoms with Crippen LogP contribution in [0.5, 0.6) is 11.5 Å². The van der Waals surface area contributed by atoms with Crippen LogP contribution in [0, 0.1) is 12.3 Å². The van der Waals surface area contributed by atoms with Gasteiger partial charge in [0.1, 0.15) is 18.1 Å². The zero-order chi connectivity index (χ0) is 11.1. The lowest BCUT2D eigenvalue weighted by molar-refractivity contribution is 0.111. The molecule has 0 bridgehead atoms. The predicted molar refractivity (Wildman–Crippen MR) is 57.3 cm³/mol. The van der Waals surface area contributed by atoms with Crippen LogP contribution in [-0.2, 0) is 0 Å². The first kappa shape index (κ1) is 11.1. The molecule has 1 rings (SSSR count). The molecule has 3 nitrogen and oxygen atoms in total. The molecule has 0 saturated carbocycles. The van der Waals surface area contributed by atoms with Gasteiger partial charge in [-0.05, 0) is 25.1 Å². The van der Waals surface area contributed by atoms with Crippen molar-refractivity contribution in [2.45, 2.75) is 6.92 Å². The molecular weight excluding hydrogens is 192 g/mol. The molecule has 0 fully saturated rings. The van der Waals surface area contributed by atoms with Crippen molar-refractivity contribution in [1.82, 2.24) is 0 Å². The van der Waals surface area contributed by atoms with E-state index in [1.54, 1.807) is 18.2 Å². The average molecular weight is 204 g/mol. The maximum atomic E-state index is 10.8. The summed E-state index contributed by atoms with van der Waals surface area (Å²) in [5, 5.41) is 0. The highest BCUT2D eigenvalue weighted by Crippen LogP contribution is 2.22. The van der Waals surface area contributed by atoms with Crippen LogP contribution in [-0.4, -0.2) is 19.5 Å². The Morgan fingerprint density at radius 3 is 2.87 bits per heavy atom. The van der Waals surface area contributed by atoms with Crippen LogP contribution in [0.15, 0.2) is 18.2 Å². The van der Waals surface area contributed by atoms with E-state index in [2.05, 4.69) is 5.92 Å². The molecule has 0 atom stereocenters. The van der Waals surface area contributed by atoms with Gasteiger partial charge in [0.05, 0.1) is 12.2 Å². The quantitative estimate of drug-likeness (QED) is 0.543. The summed E-state index contributed by atoms with van der Waals surface area (Å²) in [4.78, 5) is 10.8. The smallest absolute Gasteiger partial charge is 0.153 e. The fourth-order valence-corrected chi connectivity index (χ4v) is 1.12. The van der Waals surface area contributed by atoms with Crippen LogP contribution in [0.1, 0.15) is 17.3 Å². The Morgan fingerprint density at radius 2 is 2.27 bits per heavy atom. The number of rotatable bonds is 5. The fourth-order valence-electron chi connectivity index (χ4n) is 1.12. The molecule has 0 aromatic heterocycles. The minimum atomic E-state index is 0.187. The van der Waals surface area contributed by atoms with Gasteiger partial charge in [0, 0.05) is 0 Å². The molecular formula is C12H12O3. The Hall–Kier alpha value is -1.95. The van der Waals surface area contributed by atoms with E-state index >= 15 is 0 Å². The van der Waals surface area contributed by atoms with Crippen LogP contribution < -0.4 is 9.47 Å². The zero-order valence-electron chi connectivity index (χ0n) is 8.53. The second kappa shape index (κ2) is 5.71.